The van der Waals surface area contributed by atoms with Gasteiger partial charge in [-0.15, -0.1) is 0 Å². The van der Waals surface area contributed by atoms with Gasteiger partial charge in [0.05, 0.1) is 34.4 Å². The minimum Gasteiger partial charge on any atom is -0.328 e. The van der Waals surface area contributed by atoms with E-state index >= 15 is 0 Å². The fourth-order valence-electron chi connectivity index (χ4n) is 4.34. The van der Waals surface area contributed by atoms with E-state index in [0.717, 1.165) is 18.4 Å². The van der Waals surface area contributed by atoms with E-state index in [9.17, 15) is 10.1 Å². The highest BCUT2D eigenvalue weighted by Crippen LogP contribution is 2.48. The number of benzene rings is 2. The van der Waals surface area contributed by atoms with Gasteiger partial charge in [0.2, 0.25) is 0 Å². The number of carbonyl (C=O) groups is 1. The van der Waals surface area contributed by atoms with Crippen LogP contribution < -0.4 is 0 Å². The second-order valence-electron chi connectivity index (χ2n) is 7.10. The van der Waals surface area contributed by atoms with Gasteiger partial charge in [-0.3, -0.25) is 4.79 Å². The van der Waals surface area contributed by atoms with E-state index in [1.165, 1.54) is 0 Å². The Kier molecular flexibility index (Phi) is 4.63. The molecule has 138 valence electrons. The molecule has 2 aliphatic heterocycles. The van der Waals surface area contributed by atoms with E-state index in [1.807, 2.05) is 17.0 Å². The van der Waals surface area contributed by atoms with Gasteiger partial charge in [-0.2, -0.15) is 10.5 Å². The first-order valence-electron chi connectivity index (χ1n) is 8.91. The van der Waals surface area contributed by atoms with Crippen LogP contribution in [0.15, 0.2) is 48.0 Å². The van der Waals surface area contributed by atoms with Crippen LogP contribution in [0.1, 0.15) is 29.5 Å². The van der Waals surface area contributed by atoms with Crippen molar-refractivity contribution in [3.8, 4) is 12.1 Å². The Morgan fingerprint density at radius 1 is 1.04 bits per heavy atom. The van der Waals surface area contributed by atoms with E-state index in [-0.39, 0.29) is 5.91 Å². The number of amides is 1. The lowest BCUT2D eigenvalue weighted by molar-refractivity contribution is -0.126. The fraction of sp³-hybridized carbons (Fsp3) is 0.227. The highest BCUT2D eigenvalue weighted by atomic mass is 35.5. The van der Waals surface area contributed by atoms with Crippen LogP contribution in [0.4, 0.5) is 0 Å². The highest BCUT2D eigenvalue weighted by Gasteiger charge is 2.54. The second-order valence-corrected chi connectivity index (χ2v) is 7.97. The summed E-state index contributed by atoms with van der Waals surface area (Å²) in [6, 6.07) is 16.7. The van der Waals surface area contributed by atoms with Crippen LogP contribution in [-0.4, -0.2) is 22.9 Å². The molecule has 2 aliphatic rings. The Morgan fingerprint density at radius 2 is 1.71 bits per heavy atom. The van der Waals surface area contributed by atoms with Gasteiger partial charge < -0.3 is 4.90 Å². The number of halogens is 2. The Morgan fingerprint density at radius 3 is 2.32 bits per heavy atom. The molecule has 0 spiro atoms. The van der Waals surface area contributed by atoms with Gasteiger partial charge in [-0.25, -0.2) is 0 Å². The van der Waals surface area contributed by atoms with Crippen LogP contribution in [-0.2, 0) is 11.2 Å². The summed E-state index contributed by atoms with van der Waals surface area (Å²) in [5, 5.41) is 19.9. The molecule has 2 heterocycles. The standard InChI is InChI=1S/C22H15Cl2N3O/c23-17-8-16(9-18(24)10-17)20-19(13-26)22(6-1-7-27(22)21(20)28)11-14-2-4-15(12-25)5-3-14/h2-5,8-10H,1,6-7,11H2/t22-/m0/s1. The first kappa shape index (κ1) is 18.6. The van der Waals surface area contributed by atoms with Crippen LogP contribution in [0, 0.1) is 22.7 Å². The minimum atomic E-state index is -0.663. The van der Waals surface area contributed by atoms with E-state index < -0.39 is 5.54 Å². The third kappa shape index (κ3) is 2.87. The summed E-state index contributed by atoms with van der Waals surface area (Å²) in [5.41, 5.74) is 2.34. The lowest BCUT2D eigenvalue weighted by Gasteiger charge is -2.33. The normalized spacial score (nSPS) is 20.9. The van der Waals surface area contributed by atoms with Crippen LogP contribution in [0.3, 0.4) is 0 Å². The van der Waals surface area contributed by atoms with Crippen LogP contribution in [0.5, 0.6) is 0 Å². The number of fused-ring (bicyclic) bond motifs is 1. The number of nitrogens with zero attached hydrogens (tertiary/aromatic N) is 3. The Balaban J connectivity index is 1.84. The van der Waals surface area contributed by atoms with Crippen molar-refractivity contribution in [3.05, 3.63) is 74.8 Å². The number of carbonyl (C=O) groups excluding carboxylic acids is 1. The number of nitriles is 2. The maximum absolute atomic E-state index is 13.3. The molecule has 1 fully saturated rings. The molecule has 0 N–H and O–H groups in total. The number of rotatable bonds is 3. The third-order valence-corrected chi connectivity index (χ3v) is 5.94. The van der Waals surface area contributed by atoms with E-state index in [2.05, 4.69) is 12.1 Å². The van der Waals surface area contributed by atoms with E-state index in [0.29, 0.717) is 45.3 Å². The van der Waals surface area contributed by atoms with Crippen molar-refractivity contribution in [2.75, 3.05) is 6.54 Å². The van der Waals surface area contributed by atoms with Crippen molar-refractivity contribution in [3.63, 3.8) is 0 Å². The molecule has 0 unspecified atom stereocenters. The molecule has 0 bridgehead atoms. The zero-order chi connectivity index (χ0) is 19.9. The van der Waals surface area contributed by atoms with Crippen molar-refractivity contribution in [2.24, 2.45) is 0 Å². The predicted molar refractivity (Wildman–Crippen MR) is 108 cm³/mol. The van der Waals surface area contributed by atoms with E-state index in [4.69, 9.17) is 28.5 Å². The molecule has 0 aliphatic carbocycles. The third-order valence-electron chi connectivity index (χ3n) is 5.51. The smallest absolute Gasteiger partial charge is 0.256 e. The zero-order valence-corrected chi connectivity index (χ0v) is 16.4. The van der Waals surface area contributed by atoms with Gasteiger partial charge in [-0.1, -0.05) is 35.3 Å². The van der Waals surface area contributed by atoms with Gasteiger partial charge in [0.1, 0.15) is 0 Å². The molecule has 28 heavy (non-hydrogen) atoms. The van der Waals surface area contributed by atoms with Gasteiger partial charge in [0, 0.05) is 23.0 Å². The lowest BCUT2D eigenvalue weighted by Crippen LogP contribution is -2.44. The molecule has 6 heteroatoms. The number of hydrogen-bond donors (Lipinski definition) is 0. The van der Waals surface area contributed by atoms with Gasteiger partial charge >= 0.3 is 0 Å². The zero-order valence-electron chi connectivity index (χ0n) is 14.9. The molecule has 0 radical (unpaired) electrons. The monoisotopic (exact) mass is 407 g/mol. The Labute approximate surface area is 173 Å². The van der Waals surface area contributed by atoms with Crippen LogP contribution in [0.25, 0.3) is 5.57 Å². The summed E-state index contributed by atoms with van der Waals surface area (Å²) in [7, 11) is 0. The quantitative estimate of drug-likeness (QED) is 0.736. The molecular weight excluding hydrogens is 393 g/mol. The maximum atomic E-state index is 13.3. The van der Waals surface area contributed by atoms with Gasteiger partial charge in [0.15, 0.2) is 0 Å². The Hall–Kier alpha value is -2.79. The summed E-state index contributed by atoms with van der Waals surface area (Å²) >= 11 is 12.3. The molecular formula is C22H15Cl2N3O. The molecule has 2 aromatic rings. The fourth-order valence-corrected chi connectivity index (χ4v) is 4.87. The summed E-state index contributed by atoms with van der Waals surface area (Å²) < 4.78 is 0. The van der Waals surface area contributed by atoms with Crippen molar-refractivity contribution in [1.82, 2.24) is 4.90 Å². The van der Waals surface area contributed by atoms with Crippen LogP contribution >= 0.6 is 23.2 Å². The number of hydrogen-bond acceptors (Lipinski definition) is 3. The van der Waals surface area contributed by atoms with Crippen molar-refractivity contribution in [2.45, 2.75) is 24.8 Å². The topological polar surface area (TPSA) is 67.9 Å². The second kappa shape index (κ2) is 6.99. The van der Waals surface area contributed by atoms with Crippen molar-refractivity contribution in [1.29, 1.82) is 10.5 Å². The summed E-state index contributed by atoms with van der Waals surface area (Å²) in [5.74, 6) is -0.152. The average molecular weight is 408 g/mol. The first-order valence-corrected chi connectivity index (χ1v) is 9.66. The summed E-state index contributed by atoms with van der Waals surface area (Å²) in [4.78, 5) is 15.1. The molecule has 1 atom stereocenters. The van der Waals surface area contributed by atoms with Gasteiger partial charge in [0.25, 0.3) is 5.91 Å². The molecule has 1 amide bonds. The Bertz CT molecular complexity index is 1070. The molecule has 4 rings (SSSR count). The molecule has 2 aromatic carbocycles. The predicted octanol–water partition coefficient (Wildman–Crippen LogP) is 4.76. The SMILES string of the molecule is N#CC1=C(c2cc(Cl)cc(Cl)c2)C(=O)N2CCC[C@]12Cc1ccc(C#N)cc1. The average Bonchev–Trinajstić information content (AvgIpc) is 3.18. The summed E-state index contributed by atoms with van der Waals surface area (Å²) in [6.07, 6.45) is 2.10. The summed E-state index contributed by atoms with van der Waals surface area (Å²) in [6.45, 7) is 0.609. The molecule has 0 saturated carbocycles. The van der Waals surface area contributed by atoms with E-state index in [1.54, 1.807) is 30.3 Å². The first-order chi connectivity index (χ1) is 13.5. The largest absolute Gasteiger partial charge is 0.328 e. The van der Waals surface area contributed by atoms with Crippen LogP contribution in [0.2, 0.25) is 10.0 Å². The maximum Gasteiger partial charge on any atom is 0.256 e. The van der Waals surface area contributed by atoms with Crippen molar-refractivity contribution >= 4 is 34.7 Å². The van der Waals surface area contributed by atoms with Crippen molar-refractivity contribution < 1.29 is 4.79 Å². The van der Waals surface area contributed by atoms with Gasteiger partial charge in [-0.05, 0) is 54.3 Å². The highest BCUT2D eigenvalue weighted by molar-refractivity contribution is 6.35. The lowest BCUT2D eigenvalue weighted by atomic mass is 9.81. The molecule has 0 aromatic heterocycles. The molecule has 4 nitrogen and oxygen atoms in total. The molecule has 1 saturated heterocycles. The minimum absolute atomic E-state index is 0.152.